The number of nitrogens with one attached hydrogen (secondary N) is 2. The number of rotatable bonds is 6. The van der Waals surface area contributed by atoms with E-state index in [-0.39, 0.29) is 0 Å². The summed E-state index contributed by atoms with van der Waals surface area (Å²) in [6, 6.07) is 11.9. The molecule has 2 rings (SSSR count). The van der Waals surface area contributed by atoms with E-state index in [4.69, 9.17) is 0 Å². The molecule has 4 nitrogen and oxygen atoms in total. The van der Waals surface area contributed by atoms with E-state index < -0.39 is 23.8 Å². The van der Waals surface area contributed by atoms with Gasteiger partial charge in [-0.15, -0.1) is 0 Å². The van der Waals surface area contributed by atoms with Crippen LogP contribution in [0.25, 0.3) is 0 Å². The van der Waals surface area contributed by atoms with Crippen molar-refractivity contribution < 1.29 is 18.0 Å². The number of nitrogens with zero attached hydrogens (tertiary/aromatic N) is 1. The molecule has 2 amide bonds. The number of hydrogen-bond acceptors (Lipinski definition) is 2. The molecular weight excluding hydrogens is 355 g/mol. The second kappa shape index (κ2) is 8.90. The minimum absolute atomic E-state index is 0.337. The summed E-state index contributed by atoms with van der Waals surface area (Å²) in [7, 11) is 3.98. The molecule has 0 aliphatic rings. The molecule has 2 N–H and O–H groups in total. The van der Waals surface area contributed by atoms with Gasteiger partial charge in [-0.25, -0.2) is 4.79 Å². The van der Waals surface area contributed by atoms with Crippen LogP contribution in [0.2, 0.25) is 0 Å². The van der Waals surface area contributed by atoms with Gasteiger partial charge in [0, 0.05) is 13.1 Å². The summed E-state index contributed by atoms with van der Waals surface area (Å²) in [5.74, 6) is 0. The molecule has 0 bridgehead atoms. The topological polar surface area (TPSA) is 44.4 Å². The number of halogens is 3. The van der Waals surface area contributed by atoms with E-state index in [0.29, 0.717) is 12.1 Å². The second-order valence-corrected chi connectivity index (χ2v) is 6.73. The zero-order valence-electron chi connectivity index (χ0n) is 15.6. The van der Waals surface area contributed by atoms with E-state index >= 15 is 0 Å². The Hall–Kier alpha value is -2.54. The average molecular weight is 379 g/mol. The average Bonchev–Trinajstić information content (AvgIpc) is 2.60. The Labute approximate surface area is 157 Å². The van der Waals surface area contributed by atoms with Gasteiger partial charge in [0.05, 0.1) is 11.6 Å². The van der Waals surface area contributed by atoms with Gasteiger partial charge in [0.1, 0.15) is 0 Å². The van der Waals surface area contributed by atoms with Crippen molar-refractivity contribution in [1.82, 2.24) is 15.5 Å². The molecule has 0 spiro atoms. The van der Waals surface area contributed by atoms with Crippen LogP contribution in [0.15, 0.2) is 48.5 Å². The Morgan fingerprint density at radius 1 is 1.07 bits per heavy atom. The van der Waals surface area contributed by atoms with Gasteiger partial charge < -0.3 is 15.5 Å². The molecule has 1 unspecified atom stereocenters. The molecule has 0 saturated carbocycles. The summed E-state index contributed by atoms with van der Waals surface area (Å²) in [4.78, 5) is 14.1. The van der Waals surface area contributed by atoms with Crippen molar-refractivity contribution in [1.29, 1.82) is 0 Å². The van der Waals surface area contributed by atoms with Crippen LogP contribution >= 0.6 is 0 Å². The van der Waals surface area contributed by atoms with E-state index in [2.05, 4.69) is 15.5 Å². The van der Waals surface area contributed by atoms with Gasteiger partial charge in [0.15, 0.2) is 0 Å². The van der Waals surface area contributed by atoms with E-state index in [9.17, 15) is 18.0 Å². The number of benzene rings is 2. The highest BCUT2D eigenvalue weighted by atomic mass is 19.4. The lowest BCUT2D eigenvalue weighted by Gasteiger charge is -2.17. The highest BCUT2D eigenvalue weighted by Crippen LogP contribution is 2.30. The van der Waals surface area contributed by atoms with Crippen LogP contribution < -0.4 is 10.6 Å². The fourth-order valence-electron chi connectivity index (χ4n) is 2.63. The van der Waals surface area contributed by atoms with Gasteiger partial charge in [-0.05, 0) is 49.8 Å². The first-order chi connectivity index (χ1) is 12.6. The predicted molar refractivity (Wildman–Crippen MR) is 99.1 cm³/mol. The Kier molecular flexibility index (Phi) is 6.85. The summed E-state index contributed by atoms with van der Waals surface area (Å²) in [6.07, 6.45) is -4.41. The van der Waals surface area contributed by atoms with Crippen molar-refractivity contribution in [2.45, 2.75) is 32.2 Å². The smallest absolute Gasteiger partial charge is 0.334 e. The van der Waals surface area contributed by atoms with Gasteiger partial charge >= 0.3 is 12.2 Å². The van der Waals surface area contributed by atoms with Crippen LogP contribution in [0.5, 0.6) is 0 Å². The lowest BCUT2D eigenvalue weighted by molar-refractivity contribution is -0.137. The van der Waals surface area contributed by atoms with Gasteiger partial charge in [0.25, 0.3) is 0 Å². The molecule has 27 heavy (non-hydrogen) atoms. The van der Waals surface area contributed by atoms with E-state index in [1.807, 2.05) is 38.4 Å². The van der Waals surface area contributed by atoms with Gasteiger partial charge in [-0.3, -0.25) is 0 Å². The summed E-state index contributed by atoms with van der Waals surface area (Å²) in [6.45, 7) is 2.82. The van der Waals surface area contributed by atoms with E-state index in [1.54, 1.807) is 13.0 Å². The van der Waals surface area contributed by atoms with Crippen molar-refractivity contribution in [2.24, 2.45) is 0 Å². The first-order valence-corrected chi connectivity index (χ1v) is 8.59. The van der Waals surface area contributed by atoms with Crippen LogP contribution in [0.1, 0.15) is 35.2 Å². The van der Waals surface area contributed by atoms with Crippen LogP contribution in [0.4, 0.5) is 18.0 Å². The summed E-state index contributed by atoms with van der Waals surface area (Å²) in [5.41, 5.74) is 1.78. The Morgan fingerprint density at radius 3 is 2.30 bits per heavy atom. The Morgan fingerprint density at radius 2 is 1.70 bits per heavy atom. The maximum atomic E-state index is 12.8. The minimum Gasteiger partial charge on any atom is -0.334 e. The lowest BCUT2D eigenvalue weighted by atomic mass is 10.1. The maximum absolute atomic E-state index is 12.8. The largest absolute Gasteiger partial charge is 0.416 e. The van der Waals surface area contributed by atoms with Crippen molar-refractivity contribution in [3.63, 3.8) is 0 Å². The monoisotopic (exact) mass is 379 g/mol. The molecule has 0 radical (unpaired) electrons. The zero-order chi connectivity index (χ0) is 20.0. The lowest BCUT2D eigenvalue weighted by Crippen LogP contribution is -2.36. The first kappa shape index (κ1) is 20.8. The SMILES string of the molecule is CC(NC(=O)NCc1ccc(CN(C)C)cc1)c1cccc(C(F)(F)F)c1. The molecule has 0 aliphatic heterocycles. The normalized spacial score (nSPS) is 12.7. The maximum Gasteiger partial charge on any atom is 0.416 e. The minimum atomic E-state index is -4.41. The first-order valence-electron chi connectivity index (χ1n) is 8.59. The third kappa shape index (κ3) is 6.60. The summed E-state index contributed by atoms with van der Waals surface area (Å²) in [5, 5.41) is 5.38. The number of amides is 2. The molecule has 2 aromatic rings. The number of carbonyl (C=O) groups is 1. The molecule has 7 heteroatoms. The molecule has 2 aromatic carbocycles. The molecule has 146 valence electrons. The standard InChI is InChI=1S/C20H24F3N3O/c1-14(17-5-4-6-18(11-17)20(21,22)23)25-19(27)24-12-15-7-9-16(10-8-15)13-26(2)3/h4-11,14H,12-13H2,1-3H3,(H2,24,25,27). The van der Waals surface area contributed by atoms with Crippen molar-refractivity contribution in [2.75, 3.05) is 14.1 Å². The van der Waals surface area contributed by atoms with Crippen molar-refractivity contribution in [3.05, 3.63) is 70.8 Å². The molecule has 1 atom stereocenters. The molecule has 0 fully saturated rings. The van der Waals surface area contributed by atoms with Crippen molar-refractivity contribution in [3.8, 4) is 0 Å². The number of hydrogen-bond donors (Lipinski definition) is 2. The number of urea groups is 1. The Balaban J connectivity index is 1.88. The van der Waals surface area contributed by atoms with Gasteiger partial charge in [-0.1, -0.05) is 36.4 Å². The quantitative estimate of drug-likeness (QED) is 0.785. The fraction of sp³-hybridized carbons (Fsp3) is 0.350. The van der Waals surface area contributed by atoms with Crippen LogP contribution in [0.3, 0.4) is 0 Å². The summed E-state index contributed by atoms with van der Waals surface area (Å²) >= 11 is 0. The molecule has 0 aromatic heterocycles. The van der Waals surface area contributed by atoms with E-state index in [0.717, 1.165) is 24.2 Å². The van der Waals surface area contributed by atoms with Crippen LogP contribution in [-0.2, 0) is 19.3 Å². The molecular formula is C20H24F3N3O. The second-order valence-electron chi connectivity index (χ2n) is 6.73. The Bertz CT molecular complexity index is 758. The van der Waals surface area contributed by atoms with Crippen molar-refractivity contribution >= 4 is 6.03 Å². The molecule has 0 saturated heterocycles. The molecule has 0 heterocycles. The van der Waals surface area contributed by atoms with Gasteiger partial charge in [-0.2, -0.15) is 13.2 Å². The van der Waals surface area contributed by atoms with Crippen LogP contribution in [0, 0.1) is 0 Å². The number of carbonyl (C=O) groups excluding carboxylic acids is 1. The third-order valence-electron chi connectivity index (χ3n) is 4.04. The fourth-order valence-corrected chi connectivity index (χ4v) is 2.63. The highest BCUT2D eigenvalue weighted by Gasteiger charge is 2.30. The highest BCUT2D eigenvalue weighted by molar-refractivity contribution is 5.74. The molecule has 0 aliphatic carbocycles. The van der Waals surface area contributed by atoms with E-state index in [1.165, 1.54) is 11.6 Å². The zero-order valence-corrected chi connectivity index (χ0v) is 15.6. The third-order valence-corrected chi connectivity index (χ3v) is 4.04. The van der Waals surface area contributed by atoms with Crippen LogP contribution in [-0.4, -0.2) is 25.0 Å². The predicted octanol–water partition coefficient (Wildman–Crippen LogP) is 4.33. The summed E-state index contributed by atoms with van der Waals surface area (Å²) < 4.78 is 38.4. The van der Waals surface area contributed by atoms with Gasteiger partial charge in [0.2, 0.25) is 0 Å². The number of alkyl halides is 3.